The predicted molar refractivity (Wildman–Crippen MR) is 65.3 cm³/mol. The van der Waals surface area contributed by atoms with Crippen molar-refractivity contribution in [3.05, 3.63) is 29.3 Å². The van der Waals surface area contributed by atoms with E-state index in [1.54, 1.807) is 6.07 Å². The highest BCUT2D eigenvalue weighted by Crippen LogP contribution is 2.25. The van der Waals surface area contributed by atoms with E-state index in [2.05, 4.69) is 5.32 Å². The molecule has 0 heterocycles. The average molecular weight is 218 g/mol. The van der Waals surface area contributed by atoms with Crippen LogP contribution in [0.25, 0.3) is 0 Å². The van der Waals surface area contributed by atoms with Crippen LogP contribution in [0.2, 0.25) is 0 Å². The normalized spacial score (nSPS) is 15.6. The molecule has 3 heteroatoms. The largest absolute Gasteiger partial charge is 0.399 e. The van der Waals surface area contributed by atoms with Crippen LogP contribution in [0, 0.1) is 12.8 Å². The molecule has 0 saturated heterocycles. The topological polar surface area (TPSA) is 55.1 Å². The van der Waals surface area contributed by atoms with Gasteiger partial charge in [0.2, 0.25) is 0 Å². The maximum absolute atomic E-state index is 11.8. The Morgan fingerprint density at radius 2 is 2.19 bits per heavy atom. The smallest absolute Gasteiger partial charge is 0.251 e. The van der Waals surface area contributed by atoms with Gasteiger partial charge in [0.15, 0.2) is 0 Å². The summed E-state index contributed by atoms with van der Waals surface area (Å²) in [5.74, 6) is 0.674. The minimum atomic E-state index is -0.0118. The SMILES string of the molecule is Cc1cc(N)cc(C(=O)NCC2CCC2)c1. The Kier molecular flexibility index (Phi) is 3.13. The summed E-state index contributed by atoms with van der Waals surface area (Å²) in [5.41, 5.74) is 8.04. The molecule has 0 unspecified atom stereocenters. The summed E-state index contributed by atoms with van der Waals surface area (Å²) in [6.45, 7) is 2.74. The third kappa shape index (κ3) is 2.54. The van der Waals surface area contributed by atoms with Crippen molar-refractivity contribution in [2.24, 2.45) is 5.92 Å². The first-order valence-electron chi connectivity index (χ1n) is 5.80. The maximum atomic E-state index is 11.8. The Labute approximate surface area is 96.0 Å². The first-order chi connectivity index (χ1) is 7.65. The zero-order valence-corrected chi connectivity index (χ0v) is 9.62. The second-order valence-corrected chi connectivity index (χ2v) is 4.64. The zero-order chi connectivity index (χ0) is 11.5. The molecule has 2 rings (SSSR count). The second kappa shape index (κ2) is 4.56. The molecule has 0 atom stereocenters. The van der Waals surface area contributed by atoms with Crippen molar-refractivity contribution in [2.75, 3.05) is 12.3 Å². The van der Waals surface area contributed by atoms with Crippen LogP contribution in [-0.4, -0.2) is 12.5 Å². The second-order valence-electron chi connectivity index (χ2n) is 4.64. The van der Waals surface area contributed by atoms with E-state index < -0.39 is 0 Å². The molecule has 1 aromatic carbocycles. The molecule has 16 heavy (non-hydrogen) atoms. The lowest BCUT2D eigenvalue weighted by Gasteiger charge is -2.25. The van der Waals surface area contributed by atoms with E-state index >= 15 is 0 Å². The molecule has 1 aromatic rings. The van der Waals surface area contributed by atoms with E-state index in [1.165, 1.54) is 19.3 Å². The van der Waals surface area contributed by atoms with Gasteiger partial charge in [0.25, 0.3) is 5.91 Å². The van der Waals surface area contributed by atoms with Gasteiger partial charge in [0, 0.05) is 17.8 Å². The minimum absolute atomic E-state index is 0.0118. The van der Waals surface area contributed by atoms with Gasteiger partial charge in [-0.25, -0.2) is 0 Å². The molecule has 0 aliphatic heterocycles. The summed E-state index contributed by atoms with van der Waals surface area (Å²) in [4.78, 5) is 11.8. The van der Waals surface area contributed by atoms with Crippen molar-refractivity contribution >= 4 is 11.6 Å². The minimum Gasteiger partial charge on any atom is -0.399 e. The number of aryl methyl sites for hydroxylation is 1. The number of nitrogens with one attached hydrogen (secondary N) is 1. The van der Waals surface area contributed by atoms with Gasteiger partial charge in [-0.15, -0.1) is 0 Å². The molecule has 86 valence electrons. The van der Waals surface area contributed by atoms with Gasteiger partial charge in [0.1, 0.15) is 0 Å². The van der Waals surface area contributed by atoms with E-state index in [0.717, 1.165) is 12.1 Å². The summed E-state index contributed by atoms with van der Waals surface area (Å²) in [6.07, 6.45) is 3.80. The monoisotopic (exact) mass is 218 g/mol. The van der Waals surface area contributed by atoms with Crippen LogP contribution in [0.1, 0.15) is 35.2 Å². The molecule has 3 nitrogen and oxygen atoms in total. The summed E-state index contributed by atoms with van der Waals surface area (Å²) in [5, 5.41) is 2.96. The number of nitrogens with two attached hydrogens (primary N) is 1. The molecule has 1 aliphatic carbocycles. The standard InChI is InChI=1S/C13H18N2O/c1-9-5-11(7-12(14)6-9)13(16)15-8-10-3-2-4-10/h5-7,10H,2-4,8,14H2,1H3,(H,15,16). The first-order valence-corrected chi connectivity index (χ1v) is 5.80. The summed E-state index contributed by atoms with van der Waals surface area (Å²) >= 11 is 0. The van der Waals surface area contributed by atoms with E-state index in [0.29, 0.717) is 17.2 Å². The Balaban J connectivity index is 1.96. The lowest BCUT2D eigenvalue weighted by molar-refractivity contribution is 0.0939. The highest BCUT2D eigenvalue weighted by molar-refractivity contribution is 5.95. The van der Waals surface area contributed by atoms with Crippen molar-refractivity contribution < 1.29 is 4.79 Å². The number of amides is 1. The van der Waals surface area contributed by atoms with Crippen LogP contribution < -0.4 is 11.1 Å². The third-order valence-corrected chi connectivity index (χ3v) is 3.14. The van der Waals surface area contributed by atoms with Crippen LogP contribution in [0.3, 0.4) is 0 Å². The number of carbonyl (C=O) groups is 1. The van der Waals surface area contributed by atoms with Crippen LogP contribution >= 0.6 is 0 Å². The van der Waals surface area contributed by atoms with Crippen LogP contribution in [0.4, 0.5) is 5.69 Å². The van der Waals surface area contributed by atoms with Crippen molar-refractivity contribution in [3.63, 3.8) is 0 Å². The lowest BCUT2D eigenvalue weighted by Crippen LogP contribution is -2.32. The molecular formula is C13H18N2O. The fourth-order valence-electron chi connectivity index (χ4n) is 1.98. The number of anilines is 1. The van der Waals surface area contributed by atoms with Crippen LogP contribution in [-0.2, 0) is 0 Å². The van der Waals surface area contributed by atoms with Gasteiger partial charge in [-0.3, -0.25) is 4.79 Å². The molecule has 0 aromatic heterocycles. The number of rotatable bonds is 3. The molecule has 0 radical (unpaired) electrons. The van der Waals surface area contributed by atoms with Gasteiger partial charge < -0.3 is 11.1 Å². The Morgan fingerprint density at radius 1 is 1.44 bits per heavy atom. The number of carbonyl (C=O) groups excluding carboxylic acids is 1. The lowest BCUT2D eigenvalue weighted by atomic mass is 9.85. The highest BCUT2D eigenvalue weighted by Gasteiger charge is 2.18. The summed E-state index contributed by atoms with van der Waals surface area (Å²) in [7, 11) is 0. The zero-order valence-electron chi connectivity index (χ0n) is 9.62. The number of nitrogen functional groups attached to an aromatic ring is 1. The van der Waals surface area contributed by atoms with Crippen molar-refractivity contribution in [1.29, 1.82) is 0 Å². The molecule has 0 spiro atoms. The molecule has 1 saturated carbocycles. The highest BCUT2D eigenvalue weighted by atomic mass is 16.1. The van der Waals surface area contributed by atoms with Crippen molar-refractivity contribution in [1.82, 2.24) is 5.32 Å². The molecule has 1 aliphatic rings. The summed E-state index contributed by atoms with van der Waals surface area (Å²) in [6, 6.07) is 5.46. The van der Waals surface area contributed by atoms with Gasteiger partial charge in [-0.1, -0.05) is 6.42 Å². The van der Waals surface area contributed by atoms with Crippen molar-refractivity contribution in [2.45, 2.75) is 26.2 Å². The number of hydrogen-bond acceptors (Lipinski definition) is 2. The quantitative estimate of drug-likeness (QED) is 0.763. The van der Waals surface area contributed by atoms with Gasteiger partial charge in [-0.05, 0) is 49.4 Å². The van der Waals surface area contributed by atoms with Crippen LogP contribution in [0.5, 0.6) is 0 Å². The molecule has 1 fully saturated rings. The van der Waals surface area contributed by atoms with Gasteiger partial charge >= 0.3 is 0 Å². The van der Waals surface area contributed by atoms with E-state index in [9.17, 15) is 4.79 Å². The van der Waals surface area contributed by atoms with E-state index in [-0.39, 0.29) is 5.91 Å². The summed E-state index contributed by atoms with van der Waals surface area (Å²) < 4.78 is 0. The molecular weight excluding hydrogens is 200 g/mol. The molecule has 1 amide bonds. The predicted octanol–water partition coefficient (Wildman–Crippen LogP) is 2.11. The molecule has 0 bridgehead atoms. The molecule has 3 N–H and O–H groups in total. The van der Waals surface area contributed by atoms with Crippen molar-refractivity contribution in [3.8, 4) is 0 Å². The Hall–Kier alpha value is -1.51. The van der Waals surface area contributed by atoms with E-state index in [4.69, 9.17) is 5.73 Å². The Bertz CT molecular complexity index is 377. The van der Waals surface area contributed by atoms with Crippen LogP contribution in [0.15, 0.2) is 18.2 Å². The number of benzene rings is 1. The maximum Gasteiger partial charge on any atom is 0.251 e. The third-order valence-electron chi connectivity index (χ3n) is 3.14. The fraction of sp³-hybridized carbons (Fsp3) is 0.462. The number of hydrogen-bond donors (Lipinski definition) is 2. The van der Waals surface area contributed by atoms with Gasteiger partial charge in [0.05, 0.1) is 0 Å². The average Bonchev–Trinajstić information content (AvgIpc) is 2.13. The van der Waals surface area contributed by atoms with Gasteiger partial charge in [-0.2, -0.15) is 0 Å². The fourth-order valence-corrected chi connectivity index (χ4v) is 1.98. The van der Waals surface area contributed by atoms with E-state index in [1.807, 2.05) is 19.1 Å². The first kappa shape index (κ1) is 11.0. The Morgan fingerprint density at radius 3 is 2.75 bits per heavy atom.